The highest BCUT2D eigenvalue weighted by Crippen LogP contribution is 2.22. The molecule has 0 heterocycles. The van der Waals surface area contributed by atoms with Crippen LogP contribution in [0.3, 0.4) is 0 Å². The lowest BCUT2D eigenvalue weighted by Crippen LogP contribution is -2.54. The first kappa shape index (κ1) is 22.6. The van der Waals surface area contributed by atoms with Gasteiger partial charge in [-0.2, -0.15) is 0 Å². The highest BCUT2D eigenvalue weighted by Gasteiger charge is 2.26. The third kappa shape index (κ3) is 7.03. The van der Waals surface area contributed by atoms with E-state index in [1.165, 1.54) is 31.2 Å². The molecule has 0 radical (unpaired) electrons. The number of carbonyl (C=O) groups is 3. The van der Waals surface area contributed by atoms with Gasteiger partial charge < -0.3 is 16.4 Å². The Hall–Kier alpha value is -2.64. The number of amides is 3. The maximum Gasteiger partial charge on any atom is 0.243 e. The molecule has 0 unspecified atom stereocenters. The van der Waals surface area contributed by atoms with Crippen LogP contribution in [-0.2, 0) is 27.2 Å². The molecule has 4 N–H and O–H groups in total. The van der Waals surface area contributed by atoms with E-state index >= 15 is 0 Å². The van der Waals surface area contributed by atoms with Gasteiger partial charge in [0.05, 0.1) is 0 Å². The molecule has 0 saturated heterocycles. The fourth-order valence-corrected chi connectivity index (χ4v) is 3.24. The van der Waals surface area contributed by atoms with Crippen LogP contribution in [0, 0.1) is 5.82 Å². The topological polar surface area (TPSA) is 101 Å². The standard InChI is InChI=1S/C20H20Cl2FN3O3/c1-11(27)25-18(8-12-3-2-4-15(23)7-12)20(29)26-17(19(24)28)9-13-5-6-14(21)10-16(13)22/h2-7,10,17-18H,8-9H2,1H3,(H2,24,28)(H,25,27)(H,26,29)/t17-,18+/m1/s1. The van der Waals surface area contributed by atoms with E-state index < -0.39 is 35.6 Å². The average Bonchev–Trinajstić information content (AvgIpc) is 2.62. The largest absolute Gasteiger partial charge is 0.368 e. The molecular formula is C20H20Cl2FN3O3. The number of rotatable bonds is 8. The quantitative estimate of drug-likeness (QED) is 0.588. The third-order valence-corrected chi connectivity index (χ3v) is 4.71. The number of nitrogens with one attached hydrogen (secondary N) is 2. The summed E-state index contributed by atoms with van der Waals surface area (Å²) in [6.07, 6.45) is 0.0835. The highest BCUT2D eigenvalue weighted by molar-refractivity contribution is 6.35. The van der Waals surface area contributed by atoms with Crippen LogP contribution in [-0.4, -0.2) is 29.8 Å². The van der Waals surface area contributed by atoms with Crippen molar-refractivity contribution in [1.29, 1.82) is 0 Å². The number of nitrogens with two attached hydrogens (primary N) is 1. The Bertz CT molecular complexity index is 924. The van der Waals surface area contributed by atoms with Gasteiger partial charge in [-0.1, -0.05) is 41.4 Å². The highest BCUT2D eigenvalue weighted by atomic mass is 35.5. The van der Waals surface area contributed by atoms with Crippen LogP contribution >= 0.6 is 23.2 Å². The SMILES string of the molecule is CC(=O)N[C@@H](Cc1cccc(F)c1)C(=O)N[C@H](Cc1ccc(Cl)cc1Cl)C(N)=O. The lowest BCUT2D eigenvalue weighted by molar-refractivity contribution is -0.130. The predicted octanol–water partition coefficient (Wildman–Crippen LogP) is 2.39. The van der Waals surface area contributed by atoms with Gasteiger partial charge >= 0.3 is 0 Å². The van der Waals surface area contributed by atoms with Gasteiger partial charge in [0.2, 0.25) is 17.7 Å². The number of carbonyl (C=O) groups excluding carboxylic acids is 3. The molecule has 0 aliphatic heterocycles. The lowest BCUT2D eigenvalue weighted by Gasteiger charge is -2.22. The summed E-state index contributed by atoms with van der Waals surface area (Å²) in [5, 5.41) is 5.80. The van der Waals surface area contributed by atoms with Crippen molar-refractivity contribution >= 4 is 40.9 Å². The Kier molecular flexibility index (Phi) is 7.99. The zero-order chi connectivity index (χ0) is 21.6. The second kappa shape index (κ2) is 10.2. The minimum Gasteiger partial charge on any atom is -0.368 e. The van der Waals surface area contributed by atoms with Crippen LogP contribution in [0.25, 0.3) is 0 Å². The lowest BCUT2D eigenvalue weighted by atomic mass is 10.0. The van der Waals surface area contributed by atoms with Crippen molar-refractivity contribution in [3.63, 3.8) is 0 Å². The Morgan fingerprint density at radius 2 is 1.76 bits per heavy atom. The molecule has 0 spiro atoms. The fraction of sp³-hybridized carbons (Fsp3) is 0.250. The predicted molar refractivity (Wildman–Crippen MR) is 109 cm³/mol. The van der Waals surface area contributed by atoms with Gasteiger partial charge in [-0.05, 0) is 35.4 Å². The molecule has 29 heavy (non-hydrogen) atoms. The van der Waals surface area contributed by atoms with Crippen molar-refractivity contribution in [3.8, 4) is 0 Å². The Morgan fingerprint density at radius 1 is 1.03 bits per heavy atom. The monoisotopic (exact) mass is 439 g/mol. The van der Waals surface area contributed by atoms with Gasteiger partial charge in [-0.15, -0.1) is 0 Å². The van der Waals surface area contributed by atoms with Gasteiger partial charge in [0.25, 0.3) is 0 Å². The molecule has 6 nitrogen and oxygen atoms in total. The van der Waals surface area contributed by atoms with Crippen LogP contribution in [0.1, 0.15) is 18.1 Å². The van der Waals surface area contributed by atoms with E-state index in [9.17, 15) is 18.8 Å². The van der Waals surface area contributed by atoms with Crippen LogP contribution < -0.4 is 16.4 Å². The Labute approximate surface area is 177 Å². The van der Waals surface area contributed by atoms with E-state index in [1.807, 2.05) is 0 Å². The molecule has 0 aromatic heterocycles. The van der Waals surface area contributed by atoms with Gasteiger partial charge in [0, 0.05) is 29.8 Å². The maximum atomic E-state index is 13.4. The zero-order valence-corrected chi connectivity index (χ0v) is 17.1. The Morgan fingerprint density at radius 3 is 2.34 bits per heavy atom. The van der Waals surface area contributed by atoms with Crippen LogP contribution in [0.2, 0.25) is 10.0 Å². The van der Waals surface area contributed by atoms with Crippen molar-refractivity contribution < 1.29 is 18.8 Å². The first-order valence-electron chi connectivity index (χ1n) is 8.71. The van der Waals surface area contributed by atoms with Crippen molar-refractivity contribution in [2.45, 2.75) is 31.8 Å². The van der Waals surface area contributed by atoms with Crippen LogP contribution in [0.4, 0.5) is 4.39 Å². The smallest absolute Gasteiger partial charge is 0.243 e. The van der Waals surface area contributed by atoms with Crippen LogP contribution in [0.5, 0.6) is 0 Å². The summed E-state index contributed by atoms with van der Waals surface area (Å²) >= 11 is 12.0. The molecular weight excluding hydrogens is 420 g/mol. The fourth-order valence-electron chi connectivity index (χ4n) is 2.76. The molecule has 0 fully saturated rings. The van der Waals surface area contributed by atoms with E-state index in [0.29, 0.717) is 21.2 Å². The third-order valence-electron chi connectivity index (χ3n) is 4.12. The van der Waals surface area contributed by atoms with Crippen molar-refractivity contribution in [2.75, 3.05) is 0 Å². The first-order chi connectivity index (χ1) is 13.7. The van der Waals surface area contributed by atoms with E-state index in [2.05, 4.69) is 10.6 Å². The molecule has 2 atom stereocenters. The number of primary amides is 1. The molecule has 0 aliphatic carbocycles. The van der Waals surface area contributed by atoms with Crippen LogP contribution in [0.15, 0.2) is 42.5 Å². The minimum atomic E-state index is -1.06. The molecule has 0 bridgehead atoms. The van der Waals surface area contributed by atoms with Crippen molar-refractivity contribution in [3.05, 3.63) is 69.5 Å². The maximum absolute atomic E-state index is 13.4. The summed E-state index contributed by atoms with van der Waals surface area (Å²) in [5.74, 6) is -2.30. The molecule has 2 aromatic rings. The summed E-state index contributed by atoms with van der Waals surface area (Å²) < 4.78 is 13.4. The van der Waals surface area contributed by atoms with Crippen molar-refractivity contribution in [1.82, 2.24) is 10.6 Å². The number of halogens is 3. The molecule has 3 amide bonds. The number of benzene rings is 2. The first-order valence-corrected chi connectivity index (χ1v) is 9.46. The van der Waals surface area contributed by atoms with E-state index in [4.69, 9.17) is 28.9 Å². The minimum absolute atomic E-state index is 0.0381. The summed E-state index contributed by atoms with van der Waals surface area (Å²) in [5.41, 5.74) is 6.51. The second-order valence-electron chi connectivity index (χ2n) is 6.49. The van der Waals surface area contributed by atoms with Gasteiger partial charge in [0.15, 0.2) is 0 Å². The van der Waals surface area contributed by atoms with E-state index in [-0.39, 0.29) is 12.8 Å². The average molecular weight is 440 g/mol. The van der Waals surface area contributed by atoms with Gasteiger partial charge in [0.1, 0.15) is 17.9 Å². The summed E-state index contributed by atoms with van der Waals surface area (Å²) in [4.78, 5) is 36.1. The normalized spacial score (nSPS) is 12.7. The second-order valence-corrected chi connectivity index (χ2v) is 7.33. The molecule has 0 saturated carbocycles. The van der Waals surface area contributed by atoms with Gasteiger partial charge in [-0.25, -0.2) is 4.39 Å². The summed E-state index contributed by atoms with van der Waals surface area (Å²) in [6, 6.07) is 8.34. The van der Waals surface area contributed by atoms with E-state index in [0.717, 1.165) is 0 Å². The summed E-state index contributed by atoms with van der Waals surface area (Å²) in [7, 11) is 0. The molecule has 2 rings (SSSR count). The molecule has 154 valence electrons. The number of hydrogen-bond acceptors (Lipinski definition) is 3. The number of hydrogen-bond donors (Lipinski definition) is 3. The Balaban J connectivity index is 2.17. The molecule has 0 aliphatic rings. The molecule has 2 aromatic carbocycles. The van der Waals surface area contributed by atoms with E-state index in [1.54, 1.807) is 18.2 Å². The molecule has 9 heteroatoms. The zero-order valence-electron chi connectivity index (χ0n) is 15.5. The summed E-state index contributed by atoms with van der Waals surface area (Å²) in [6.45, 7) is 1.25. The van der Waals surface area contributed by atoms with Gasteiger partial charge in [-0.3, -0.25) is 14.4 Å². The van der Waals surface area contributed by atoms with Crippen molar-refractivity contribution in [2.24, 2.45) is 5.73 Å².